The molecule has 0 aromatic heterocycles. The van der Waals surface area contributed by atoms with Gasteiger partial charge in [-0.05, 0) is 135 Å². The third kappa shape index (κ3) is 4.26. The fourth-order valence-corrected chi connectivity index (χ4v) is 14.4. The van der Waals surface area contributed by atoms with Crippen LogP contribution < -0.4 is 10.6 Å². The summed E-state index contributed by atoms with van der Waals surface area (Å²) in [7, 11) is 0. The predicted octanol–water partition coefficient (Wildman–Crippen LogP) is 15.4. The maximum absolute atomic E-state index is 15.0. The maximum Gasteiger partial charge on any atom is 0.231 e. The van der Waals surface area contributed by atoms with E-state index in [0.717, 1.165) is 89.2 Å². The summed E-state index contributed by atoms with van der Waals surface area (Å²) in [4.78, 5) is 15.0. The van der Waals surface area contributed by atoms with Gasteiger partial charge in [-0.2, -0.15) is 0 Å². The van der Waals surface area contributed by atoms with Crippen molar-refractivity contribution in [3.05, 3.63) is 274 Å². The molecule has 17 rings (SSSR count). The first kappa shape index (κ1) is 38.4. The fourth-order valence-electron chi connectivity index (χ4n) is 14.4. The van der Waals surface area contributed by atoms with Crippen LogP contribution in [0, 0.1) is 0 Å². The number of hydrogen-bond acceptors (Lipinski definition) is 5. The summed E-state index contributed by atoms with van der Waals surface area (Å²) in [5.74, 6) is -1.41. The molecule has 5 nitrogen and oxygen atoms in total. The van der Waals surface area contributed by atoms with Crippen molar-refractivity contribution < 1.29 is 15.0 Å². The second-order valence-corrected chi connectivity index (χ2v) is 20.1. The van der Waals surface area contributed by atoms with Gasteiger partial charge in [0.1, 0.15) is 5.76 Å². The molecule has 0 radical (unpaired) electrons. The first-order chi connectivity index (χ1) is 35.5. The number of fused-ring (bicyclic) bond motifs is 22. The number of benzene rings is 10. The van der Waals surface area contributed by atoms with E-state index < -0.39 is 22.4 Å². The quantitative estimate of drug-likeness (QED) is 0.139. The Morgan fingerprint density at radius 2 is 0.667 bits per heavy atom. The van der Waals surface area contributed by atoms with Gasteiger partial charge in [-0.15, -0.1) is 0 Å². The number of nitrogens with one attached hydrogen (secondary N) is 2. The molecule has 0 fully saturated rings. The average Bonchev–Trinajstić information content (AvgIpc) is 4.28. The maximum atomic E-state index is 15.0. The summed E-state index contributed by atoms with van der Waals surface area (Å²) in [5.41, 5.74) is 22.3. The predicted molar refractivity (Wildman–Crippen MR) is 288 cm³/mol. The van der Waals surface area contributed by atoms with Gasteiger partial charge in [0.2, 0.25) is 5.78 Å². The van der Waals surface area contributed by atoms with Gasteiger partial charge in [-0.1, -0.05) is 182 Å². The van der Waals surface area contributed by atoms with Crippen LogP contribution in [0.25, 0.3) is 88.3 Å². The van der Waals surface area contributed by atoms with Crippen LogP contribution in [0.1, 0.15) is 33.4 Å². The van der Waals surface area contributed by atoms with E-state index in [2.05, 4.69) is 205 Å². The van der Waals surface area contributed by atoms with Crippen LogP contribution in [0.5, 0.6) is 0 Å². The van der Waals surface area contributed by atoms with E-state index in [1.54, 1.807) is 0 Å². The number of aliphatic hydroxyl groups is 2. The van der Waals surface area contributed by atoms with Gasteiger partial charge in [0, 0.05) is 22.2 Å². The first-order valence-electron chi connectivity index (χ1n) is 24.7. The Morgan fingerprint density at radius 1 is 0.333 bits per heavy atom. The van der Waals surface area contributed by atoms with E-state index >= 15 is 0 Å². The first-order valence-corrected chi connectivity index (χ1v) is 24.7. The number of carbonyl (C=O) groups excluding carboxylic acids is 1. The number of carbonyl (C=O) groups is 1. The van der Waals surface area contributed by atoms with Gasteiger partial charge in [0.15, 0.2) is 5.76 Å². The minimum absolute atomic E-state index is 0.0266. The highest BCUT2D eigenvalue weighted by molar-refractivity contribution is 6.22. The zero-order chi connectivity index (χ0) is 47.4. The molecule has 2 spiro atoms. The summed E-state index contributed by atoms with van der Waals surface area (Å²) in [6.07, 6.45) is 3.64. The third-order valence-corrected chi connectivity index (χ3v) is 17.2. The summed E-state index contributed by atoms with van der Waals surface area (Å²) in [5, 5.41) is 37.5. The van der Waals surface area contributed by atoms with Crippen LogP contribution >= 0.6 is 0 Å². The topological polar surface area (TPSA) is 81.6 Å². The van der Waals surface area contributed by atoms with Gasteiger partial charge < -0.3 is 20.8 Å². The van der Waals surface area contributed by atoms with Crippen LogP contribution in [0.2, 0.25) is 0 Å². The van der Waals surface area contributed by atoms with Crippen molar-refractivity contribution in [2.75, 3.05) is 10.6 Å². The molecule has 0 saturated carbocycles. The van der Waals surface area contributed by atoms with Crippen LogP contribution in [0.3, 0.4) is 0 Å². The zero-order valence-corrected chi connectivity index (χ0v) is 38.4. The number of allylic oxidation sites excluding steroid dienone is 5. The van der Waals surface area contributed by atoms with Crippen LogP contribution in [-0.4, -0.2) is 16.0 Å². The van der Waals surface area contributed by atoms with E-state index in [1.807, 2.05) is 12.2 Å². The molecule has 10 aromatic carbocycles. The molecule has 4 N–H and O–H groups in total. The number of hydrogen-bond donors (Lipinski definition) is 4. The van der Waals surface area contributed by atoms with Crippen molar-refractivity contribution in [1.29, 1.82) is 0 Å². The Balaban J connectivity index is 0.904. The Morgan fingerprint density at radius 3 is 1.07 bits per heavy atom. The van der Waals surface area contributed by atoms with Crippen molar-refractivity contribution in [2.45, 2.75) is 10.8 Å². The molecular weight excluding hydrogens is 881 g/mol. The van der Waals surface area contributed by atoms with E-state index in [9.17, 15) is 15.0 Å². The van der Waals surface area contributed by atoms with E-state index in [4.69, 9.17) is 0 Å². The second-order valence-electron chi connectivity index (χ2n) is 20.1. The molecule has 72 heavy (non-hydrogen) atoms. The summed E-state index contributed by atoms with van der Waals surface area (Å²) < 4.78 is 0. The Hall–Kier alpha value is -9.45. The molecule has 7 aliphatic rings. The largest absolute Gasteiger partial charge is 0.506 e. The van der Waals surface area contributed by atoms with Crippen LogP contribution in [-0.2, 0) is 15.6 Å². The number of Topliss-reactive ketones (excluding diaryl/α,β-unsaturated/α-hetero) is 1. The minimum Gasteiger partial charge on any atom is -0.506 e. The van der Waals surface area contributed by atoms with Crippen LogP contribution in [0.4, 0.5) is 11.4 Å². The number of rotatable bonds is 2. The lowest BCUT2D eigenvalue weighted by Gasteiger charge is -2.30. The molecular formula is C67H38N2O3. The van der Waals surface area contributed by atoms with Crippen molar-refractivity contribution in [1.82, 2.24) is 0 Å². The molecule has 0 amide bonds. The molecule has 10 aromatic rings. The van der Waals surface area contributed by atoms with Gasteiger partial charge >= 0.3 is 0 Å². The average molecular weight is 919 g/mol. The molecule has 5 aliphatic carbocycles. The fraction of sp³-hybridized carbons (Fsp3) is 0.0299. The minimum atomic E-state index is -0.887. The lowest BCUT2D eigenvalue weighted by molar-refractivity contribution is -0.114. The molecule has 2 aliphatic heterocycles. The Labute approximate surface area is 413 Å². The standard InChI is InChI=1S/C67H38N2O3/c70-63-49(33-57-66(51-27-9-5-19-39(51)40-20-6-10-28-52(40)66)55-31-47-37-17-3-1-15-35(37)43-23-13-25-45(59(43)47)61(55)68-57)64(71)65(72)50(63)34-58-67(53-29-11-7-21-41(53)42-22-8-12-30-54(42)67)56-32-48-38-18-4-2-16-36(38)44-24-14-26-46(60(44)48)62(56)69-58/h1-34,68-70H,(H,71,72)/b57-33-,58-34-. The highest BCUT2D eigenvalue weighted by atomic mass is 16.3. The number of aliphatic hydroxyl groups excluding tert-OH is 2. The summed E-state index contributed by atoms with van der Waals surface area (Å²) >= 11 is 0. The summed E-state index contributed by atoms with van der Waals surface area (Å²) in [6, 6.07) is 69.2. The van der Waals surface area contributed by atoms with Crippen molar-refractivity contribution in [3.63, 3.8) is 0 Å². The highest BCUT2D eigenvalue weighted by Crippen LogP contribution is 2.66. The molecule has 0 atom stereocenters. The zero-order valence-electron chi connectivity index (χ0n) is 38.4. The smallest absolute Gasteiger partial charge is 0.231 e. The van der Waals surface area contributed by atoms with Crippen molar-refractivity contribution in [2.24, 2.45) is 0 Å². The van der Waals surface area contributed by atoms with E-state index in [0.29, 0.717) is 0 Å². The lowest BCUT2D eigenvalue weighted by atomic mass is 9.70. The van der Waals surface area contributed by atoms with Gasteiger partial charge in [-0.3, -0.25) is 4.79 Å². The lowest BCUT2D eigenvalue weighted by Crippen LogP contribution is -2.28. The van der Waals surface area contributed by atoms with Crippen LogP contribution in [0.15, 0.2) is 240 Å². The normalized spacial score (nSPS) is 17.7. The van der Waals surface area contributed by atoms with Crippen molar-refractivity contribution in [3.8, 4) is 66.8 Å². The molecule has 0 unspecified atom stereocenters. The number of ketones is 1. The molecule has 334 valence electrons. The second kappa shape index (κ2) is 13.0. The molecule has 0 saturated heterocycles. The summed E-state index contributed by atoms with van der Waals surface area (Å²) in [6.45, 7) is 0. The molecule has 2 heterocycles. The van der Waals surface area contributed by atoms with Crippen molar-refractivity contribution >= 4 is 38.7 Å². The molecule has 5 heteroatoms. The molecule has 0 bridgehead atoms. The monoisotopic (exact) mass is 918 g/mol. The van der Waals surface area contributed by atoms with Gasteiger partial charge in [0.05, 0.1) is 33.4 Å². The van der Waals surface area contributed by atoms with Gasteiger partial charge in [-0.25, -0.2) is 0 Å². The van der Waals surface area contributed by atoms with E-state index in [-0.39, 0.29) is 16.9 Å². The Kier molecular flexibility index (Phi) is 6.96. The Bertz CT molecular complexity index is 4360. The van der Waals surface area contributed by atoms with E-state index in [1.165, 1.54) is 55.3 Å². The van der Waals surface area contributed by atoms with Gasteiger partial charge in [0.25, 0.3) is 0 Å². The highest BCUT2D eigenvalue weighted by Gasteiger charge is 2.55. The third-order valence-electron chi connectivity index (χ3n) is 17.2. The SMILES string of the molecule is O=C1C(O)=C(/C=C2\Nc3c(cc4c5c(cccc35)-c3ccccc3-4)C23c2ccccc2-c2ccccc23)C(O)=C1/C=C1\Nc2c(cc3c4c(cccc24)-c2ccccc2-3)C12c1ccccc1-c1ccccc12. The number of anilines is 2.